The summed E-state index contributed by atoms with van der Waals surface area (Å²) in [6.07, 6.45) is -0.523. The third-order valence-electron chi connectivity index (χ3n) is 10.1. The van der Waals surface area contributed by atoms with Crippen molar-refractivity contribution in [3.05, 3.63) is 76.4 Å². The monoisotopic (exact) mass is 759 g/mol. The first-order chi connectivity index (χ1) is 26.0. The van der Waals surface area contributed by atoms with Crippen molar-refractivity contribution in [3.8, 4) is 6.07 Å². The molecule has 0 radical (unpaired) electrons. The van der Waals surface area contributed by atoms with Crippen LogP contribution in [-0.4, -0.2) is 92.7 Å². The number of anilines is 1. The van der Waals surface area contributed by atoms with Crippen molar-refractivity contribution in [1.82, 2.24) is 20.9 Å². The standard InChI is InChI=1S/C39H49N7O9/c1-21(2)33(45-35(52)29(10-7-11-31(47)48)44-36(53)30-18-24-8-5-6-9-28(24)43-30)37(54)46-15-14-23-16-22(3)12-13-27(23)39(46,4)38(55)42-26(19-32(49)50)17-25(20-40)34(41)51/h5-6,8-9,12-13,16-17,21,26,29-30,33,35,43,45,52H,7,10-11,14-15,18-19H2,1-4H3,(H2,41,51)(H,42,55)(H,44,53)(H,47,48)(H,49,50)/b25-17+/t26-,29+,30?,33+,35?,39-/m1/s1. The van der Waals surface area contributed by atoms with Crippen molar-refractivity contribution >= 4 is 41.3 Å². The minimum Gasteiger partial charge on any atom is -0.481 e. The number of hydrogen-bond donors (Lipinski definition) is 8. The number of aliphatic hydroxyl groups is 1. The summed E-state index contributed by atoms with van der Waals surface area (Å²) in [5.41, 5.74) is 6.89. The number of primary amides is 1. The average molecular weight is 760 g/mol. The molecule has 2 unspecified atom stereocenters. The minimum atomic E-state index is -1.75. The van der Waals surface area contributed by atoms with Crippen LogP contribution in [-0.2, 0) is 47.1 Å². The molecule has 9 N–H and O–H groups in total. The van der Waals surface area contributed by atoms with Gasteiger partial charge in [0.1, 0.15) is 29.5 Å². The number of carboxylic acid groups (broad SMARTS) is 2. The van der Waals surface area contributed by atoms with Crippen molar-refractivity contribution in [2.75, 3.05) is 11.9 Å². The highest BCUT2D eigenvalue weighted by atomic mass is 16.4. The van der Waals surface area contributed by atoms with Gasteiger partial charge in [-0.25, -0.2) is 0 Å². The fourth-order valence-corrected chi connectivity index (χ4v) is 7.14. The zero-order chi connectivity index (χ0) is 40.6. The van der Waals surface area contributed by atoms with Gasteiger partial charge in [0.15, 0.2) is 0 Å². The molecule has 0 aliphatic carbocycles. The number of carboxylic acids is 2. The summed E-state index contributed by atoms with van der Waals surface area (Å²) in [5, 5.41) is 51.5. The van der Waals surface area contributed by atoms with Gasteiger partial charge in [-0.3, -0.25) is 34.1 Å². The van der Waals surface area contributed by atoms with E-state index < -0.39 is 89.4 Å². The molecule has 2 heterocycles. The van der Waals surface area contributed by atoms with Crippen LogP contribution in [0.5, 0.6) is 0 Å². The van der Waals surface area contributed by atoms with E-state index in [2.05, 4.69) is 21.3 Å². The number of nitrogens with two attached hydrogens (primary N) is 1. The smallest absolute Gasteiger partial charge is 0.305 e. The van der Waals surface area contributed by atoms with E-state index in [1.54, 1.807) is 32.0 Å². The lowest BCUT2D eigenvalue weighted by Gasteiger charge is -2.47. The molecule has 4 rings (SSSR count). The Bertz CT molecular complexity index is 1870. The van der Waals surface area contributed by atoms with Gasteiger partial charge in [-0.2, -0.15) is 5.26 Å². The summed E-state index contributed by atoms with van der Waals surface area (Å²) in [4.78, 5) is 78.9. The first kappa shape index (κ1) is 42.0. The number of aliphatic hydroxyl groups excluding tert-OH is 1. The SMILES string of the molecule is Cc1ccc2c(c1)CCN(C(=O)[C@@H](NC(O)[C@H](CCCC(=O)O)NC(=O)C1Cc3ccccc3N1)C(C)C)[C@@]2(C)C(=O)N[C@H](/C=C(\C#N)C(N)=O)CC(=O)O. The highest BCUT2D eigenvalue weighted by Gasteiger charge is 2.49. The van der Waals surface area contributed by atoms with Crippen LogP contribution < -0.4 is 27.0 Å². The third kappa shape index (κ3) is 10.0. The molecular formula is C39H49N7O9. The summed E-state index contributed by atoms with van der Waals surface area (Å²) < 4.78 is 0. The van der Waals surface area contributed by atoms with E-state index in [-0.39, 0.29) is 25.8 Å². The predicted octanol–water partition coefficient (Wildman–Crippen LogP) is 1.20. The van der Waals surface area contributed by atoms with Crippen molar-refractivity contribution in [1.29, 1.82) is 5.26 Å². The van der Waals surface area contributed by atoms with Crippen LogP contribution in [0.25, 0.3) is 0 Å². The Hall–Kier alpha value is -5.79. The molecule has 2 aliphatic rings. The molecule has 0 spiro atoms. The molecule has 0 saturated heterocycles. The molecule has 0 aromatic heterocycles. The maximum Gasteiger partial charge on any atom is 0.305 e. The number of fused-ring (bicyclic) bond motifs is 2. The number of aryl methyl sites for hydroxylation is 1. The molecule has 2 aromatic rings. The molecule has 16 nitrogen and oxygen atoms in total. The number of carbonyl (C=O) groups is 6. The van der Waals surface area contributed by atoms with Gasteiger partial charge in [-0.1, -0.05) is 55.8 Å². The number of benzene rings is 2. The topological polar surface area (TPSA) is 264 Å². The molecule has 16 heteroatoms. The Kier molecular flexibility index (Phi) is 13.8. The molecule has 0 bridgehead atoms. The number of nitriles is 1. The van der Waals surface area contributed by atoms with Crippen molar-refractivity contribution in [2.24, 2.45) is 11.7 Å². The molecule has 55 heavy (non-hydrogen) atoms. The Labute approximate surface area is 319 Å². The average Bonchev–Trinajstić information content (AvgIpc) is 3.56. The number of nitrogens with zero attached hydrogens (tertiary/aromatic N) is 2. The second-order valence-corrected chi connectivity index (χ2v) is 14.5. The molecule has 294 valence electrons. The van der Waals surface area contributed by atoms with Gasteiger partial charge >= 0.3 is 11.9 Å². The number of rotatable bonds is 17. The van der Waals surface area contributed by atoms with E-state index in [0.717, 1.165) is 28.5 Å². The second kappa shape index (κ2) is 18.0. The van der Waals surface area contributed by atoms with Crippen LogP contribution in [0.4, 0.5) is 5.69 Å². The molecule has 6 atom stereocenters. The molecule has 2 aromatic carbocycles. The maximum atomic E-state index is 14.7. The number of para-hydroxylation sites is 1. The number of hydrogen-bond acceptors (Lipinski definition) is 10. The van der Waals surface area contributed by atoms with E-state index in [1.165, 1.54) is 11.8 Å². The summed E-state index contributed by atoms with van der Waals surface area (Å²) in [5.74, 6) is -5.76. The number of nitrogens with one attached hydrogen (secondary N) is 4. The Morgan fingerprint density at radius 1 is 1.07 bits per heavy atom. The zero-order valence-electron chi connectivity index (χ0n) is 31.3. The van der Waals surface area contributed by atoms with Crippen LogP contribution >= 0.6 is 0 Å². The fourth-order valence-electron chi connectivity index (χ4n) is 7.14. The van der Waals surface area contributed by atoms with Crippen molar-refractivity contribution in [2.45, 2.75) is 102 Å². The van der Waals surface area contributed by atoms with Crippen LogP contribution in [0.2, 0.25) is 0 Å². The van der Waals surface area contributed by atoms with E-state index in [4.69, 9.17) is 5.73 Å². The quantitative estimate of drug-likeness (QED) is 0.0643. The lowest BCUT2D eigenvalue weighted by molar-refractivity contribution is -0.152. The fraction of sp³-hybridized carbons (Fsp3) is 0.462. The van der Waals surface area contributed by atoms with Gasteiger partial charge < -0.3 is 41.9 Å². The molecule has 0 saturated carbocycles. The van der Waals surface area contributed by atoms with Crippen molar-refractivity contribution < 1.29 is 44.1 Å². The summed E-state index contributed by atoms with van der Waals surface area (Å²) >= 11 is 0. The van der Waals surface area contributed by atoms with Gasteiger partial charge in [0, 0.05) is 25.1 Å². The van der Waals surface area contributed by atoms with E-state index in [1.807, 2.05) is 37.3 Å². The van der Waals surface area contributed by atoms with Gasteiger partial charge in [0.2, 0.25) is 11.8 Å². The lowest BCUT2D eigenvalue weighted by atomic mass is 9.79. The van der Waals surface area contributed by atoms with Gasteiger partial charge in [-0.05, 0) is 67.9 Å². The van der Waals surface area contributed by atoms with E-state index in [9.17, 15) is 49.3 Å². The van der Waals surface area contributed by atoms with Crippen LogP contribution in [0.15, 0.2) is 54.1 Å². The maximum absolute atomic E-state index is 14.7. The number of amides is 4. The van der Waals surface area contributed by atoms with Crippen molar-refractivity contribution in [3.63, 3.8) is 0 Å². The minimum absolute atomic E-state index is 0.0526. The first-order valence-corrected chi connectivity index (χ1v) is 18.1. The molecule has 4 amide bonds. The molecular weight excluding hydrogens is 710 g/mol. The Balaban J connectivity index is 1.65. The lowest BCUT2D eigenvalue weighted by Crippen LogP contribution is -2.65. The number of carbonyl (C=O) groups excluding carboxylic acids is 4. The van der Waals surface area contributed by atoms with Gasteiger partial charge in [0.05, 0.1) is 24.5 Å². The summed E-state index contributed by atoms with van der Waals surface area (Å²) in [7, 11) is 0. The summed E-state index contributed by atoms with van der Waals surface area (Å²) in [6.45, 7) is 6.92. The number of aliphatic carboxylic acids is 2. The third-order valence-corrected chi connectivity index (χ3v) is 10.1. The van der Waals surface area contributed by atoms with Crippen LogP contribution in [0, 0.1) is 24.2 Å². The first-order valence-electron chi connectivity index (χ1n) is 18.1. The van der Waals surface area contributed by atoms with Gasteiger partial charge in [-0.15, -0.1) is 0 Å². The molecule has 0 fully saturated rings. The largest absolute Gasteiger partial charge is 0.481 e. The van der Waals surface area contributed by atoms with Gasteiger partial charge in [0.25, 0.3) is 11.8 Å². The van der Waals surface area contributed by atoms with Crippen LogP contribution in [0.3, 0.4) is 0 Å². The Morgan fingerprint density at radius 2 is 1.78 bits per heavy atom. The van der Waals surface area contributed by atoms with Crippen LogP contribution in [0.1, 0.15) is 68.7 Å². The Morgan fingerprint density at radius 3 is 2.40 bits per heavy atom. The highest BCUT2D eigenvalue weighted by Crippen LogP contribution is 2.38. The van der Waals surface area contributed by atoms with E-state index in [0.29, 0.717) is 18.4 Å². The normalized spacial score (nSPS) is 19.8. The van der Waals surface area contributed by atoms with E-state index >= 15 is 0 Å². The predicted molar refractivity (Wildman–Crippen MR) is 200 cm³/mol. The highest BCUT2D eigenvalue weighted by molar-refractivity contribution is 5.97. The molecule has 2 aliphatic heterocycles. The summed E-state index contributed by atoms with van der Waals surface area (Å²) in [6, 6.07) is 10.3. The zero-order valence-corrected chi connectivity index (χ0v) is 31.3. The second-order valence-electron chi connectivity index (χ2n) is 14.5.